The third-order valence-electron chi connectivity index (χ3n) is 2.67. The van der Waals surface area contributed by atoms with Gasteiger partial charge in [-0.25, -0.2) is 0 Å². The van der Waals surface area contributed by atoms with Gasteiger partial charge in [-0.15, -0.1) is 0 Å². The van der Waals surface area contributed by atoms with E-state index in [9.17, 15) is 9.59 Å². The van der Waals surface area contributed by atoms with Crippen LogP contribution in [0.2, 0.25) is 0 Å². The summed E-state index contributed by atoms with van der Waals surface area (Å²) in [5.74, 6) is -0.00350. The summed E-state index contributed by atoms with van der Waals surface area (Å²) in [6, 6.07) is 0. The van der Waals surface area contributed by atoms with E-state index in [1.165, 1.54) is 0 Å². The molecule has 0 spiro atoms. The Morgan fingerprint density at radius 3 is 2.83 bits per heavy atom. The largest absolute Gasteiger partial charge is 0.466 e. The number of allylic oxidation sites excluding steroid dienone is 6. The Hall–Kier alpha value is -1.64. The van der Waals surface area contributed by atoms with Gasteiger partial charge < -0.3 is 4.74 Å². The number of carbonyl (C=O) groups is 2. The first-order valence-corrected chi connectivity index (χ1v) is 6.46. The number of rotatable bonds is 8. The summed E-state index contributed by atoms with van der Waals surface area (Å²) in [6.07, 6.45) is 13.3. The Morgan fingerprint density at radius 2 is 2.17 bits per heavy atom. The lowest BCUT2D eigenvalue weighted by Crippen LogP contribution is -2.02. The van der Waals surface area contributed by atoms with E-state index in [0.29, 0.717) is 19.4 Å². The van der Waals surface area contributed by atoms with E-state index < -0.39 is 0 Å². The smallest absolute Gasteiger partial charge is 0.305 e. The zero-order chi connectivity index (χ0) is 13.2. The standard InChI is InChI=1S/C15H20O3/c1-2-18-15(17)12-7-5-3-4-6-9-13-10-8-11-14(13)16/h4,6,8,10-11H,2-3,5,7,9,12H2,1H3/b6-4-. The second-order valence-electron chi connectivity index (χ2n) is 4.14. The highest BCUT2D eigenvalue weighted by Gasteiger charge is 2.06. The van der Waals surface area contributed by atoms with Gasteiger partial charge in [0.1, 0.15) is 0 Å². The molecule has 1 aliphatic carbocycles. The van der Waals surface area contributed by atoms with Crippen molar-refractivity contribution in [1.82, 2.24) is 0 Å². The Morgan fingerprint density at radius 1 is 1.33 bits per heavy atom. The molecule has 0 aromatic carbocycles. The lowest BCUT2D eigenvalue weighted by Gasteiger charge is -2.00. The molecule has 0 aliphatic heterocycles. The van der Waals surface area contributed by atoms with E-state index in [1.54, 1.807) is 12.2 Å². The summed E-state index contributed by atoms with van der Waals surface area (Å²) in [5.41, 5.74) is 0.845. The average molecular weight is 248 g/mol. The Bertz CT molecular complexity index is 375. The molecule has 18 heavy (non-hydrogen) atoms. The molecule has 3 heteroatoms. The van der Waals surface area contributed by atoms with Crippen LogP contribution in [0.1, 0.15) is 39.0 Å². The van der Waals surface area contributed by atoms with Gasteiger partial charge in [0.05, 0.1) is 6.61 Å². The molecule has 0 saturated heterocycles. The molecule has 0 N–H and O–H groups in total. The third-order valence-corrected chi connectivity index (χ3v) is 2.67. The van der Waals surface area contributed by atoms with Crippen LogP contribution >= 0.6 is 0 Å². The minimum atomic E-state index is -0.116. The van der Waals surface area contributed by atoms with E-state index in [1.807, 2.05) is 19.1 Å². The second-order valence-corrected chi connectivity index (χ2v) is 4.14. The Labute approximate surface area is 108 Å². The number of ether oxygens (including phenoxy) is 1. The first kappa shape index (κ1) is 14.4. The van der Waals surface area contributed by atoms with Gasteiger partial charge >= 0.3 is 5.97 Å². The fourth-order valence-electron chi connectivity index (χ4n) is 1.70. The molecule has 0 unspecified atom stereocenters. The highest BCUT2D eigenvalue weighted by molar-refractivity contribution is 6.06. The van der Waals surface area contributed by atoms with Crippen LogP contribution in [-0.4, -0.2) is 18.4 Å². The second kappa shape index (κ2) is 8.45. The van der Waals surface area contributed by atoms with E-state index in [4.69, 9.17) is 4.74 Å². The van der Waals surface area contributed by atoms with Gasteiger partial charge in [0.2, 0.25) is 0 Å². The normalized spacial score (nSPS) is 14.3. The number of ketones is 1. The lowest BCUT2D eigenvalue weighted by molar-refractivity contribution is -0.143. The Kier molecular flexibility index (Phi) is 6.77. The van der Waals surface area contributed by atoms with Crippen molar-refractivity contribution in [3.8, 4) is 0 Å². The molecule has 0 heterocycles. The average Bonchev–Trinajstić information content (AvgIpc) is 2.74. The SMILES string of the molecule is CCOC(=O)CCCC/C=C\CC1=CC=CC1=O. The van der Waals surface area contributed by atoms with Crippen molar-refractivity contribution in [2.45, 2.75) is 39.0 Å². The van der Waals surface area contributed by atoms with Crippen molar-refractivity contribution >= 4 is 11.8 Å². The zero-order valence-electron chi connectivity index (χ0n) is 10.9. The van der Waals surface area contributed by atoms with E-state index in [0.717, 1.165) is 24.8 Å². The van der Waals surface area contributed by atoms with Crippen LogP contribution in [0.5, 0.6) is 0 Å². The molecule has 0 bridgehead atoms. The maximum atomic E-state index is 11.2. The van der Waals surface area contributed by atoms with Gasteiger partial charge in [0, 0.05) is 12.0 Å². The monoisotopic (exact) mass is 248 g/mol. The number of esters is 1. The van der Waals surface area contributed by atoms with Gasteiger partial charge in [0.25, 0.3) is 0 Å². The summed E-state index contributed by atoms with van der Waals surface area (Å²) in [4.78, 5) is 22.3. The minimum Gasteiger partial charge on any atom is -0.466 e. The zero-order valence-corrected chi connectivity index (χ0v) is 10.9. The molecule has 0 aromatic rings. The molecule has 0 aromatic heterocycles. The maximum absolute atomic E-state index is 11.2. The van der Waals surface area contributed by atoms with Crippen molar-refractivity contribution in [2.24, 2.45) is 0 Å². The van der Waals surface area contributed by atoms with E-state index in [-0.39, 0.29) is 11.8 Å². The lowest BCUT2D eigenvalue weighted by atomic mass is 10.1. The summed E-state index contributed by atoms with van der Waals surface area (Å²) in [5, 5.41) is 0. The summed E-state index contributed by atoms with van der Waals surface area (Å²) < 4.78 is 4.84. The van der Waals surface area contributed by atoms with Crippen LogP contribution in [0.3, 0.4) is 0 Å². The highest BCUT2D eigenvalue weighted by atomic mass is 16.5. The molecule has 0 saturated carbocycles. The van der Waals surface area contributed by atoms with Crippen molar-refractivity contribution in [3.63, 3.8) is 0 Å². The molecule has 0 fully saturated rings. The number of hydrogen-bond acceptors (Lipinski definition) is 3. The van der Waals surface area contributed by atoms with Gasteiger partial charge in [-0.1, -0.05) is 24.3 Å². The van der Waals surface area contributed by atoms with Gasteiger partial charge in [0.15, 0.2) is 5.78 Å². The predicted octanol–water partition coefficient (Wildman–Crippen LogP) is 3.12. The van der Waals surface area contributed by atoms with Crippen molar-refractivity contribution < 1.29 is 14.3 Å². The molecule has 1 rings (SSSR count). The van der Waals surface area contributed by atoms with Crippen LogP contribution < -0.4 is 0 Å². The van der Waals surface area contributed by atoms with Crippen LogP contribution in [0.25, 0.3) is 0 Å². The molecular weight excluding hydrogens is 228 g/mol. The van der Waals surface area contributed by atoms with Crippen LogP contribution in [0.4, 0.5) is 0 Å². The third kappa shape index (κ3) is 5.62. The van der Waals surface area contributed by atoms with Crippen LogP contribution in [0, 0.1) is 0 Å². The molecule has 1 aliphatic rings. The highest BCUT2D eigenvalue weighted by Crippen LogP contribution is 2.12. The minimum absolute atomic E-state index is 0.113. The molecule has 0 radical (unpaired) electrons. The molecule has 0 atom stereocenters. The number of unbranched alkanes of at least 4 members (excludes halogenated alkanes) is 2. The Balaban J connectivity index is 2.01. The van der Waals surface area contributed by atoms with Crippen molar-refractivity contribution in [3.05, 3.63) is 36.0 Å². The van der Waals surface area contributed by atoms with Gasteiger partial charge in [-0.3, -0.25) is 9.59 Å². The van der Waals surface area contributed by atoms with Crippen LogP contribution in [-0.2, 0) is 14.3 Å². The fraction of sp³-hybridized carbons (Fsp3) is 0.467. The van der Waals surface area contributed by atoms with E-state index >= 15 is 0 Å². The first-order chi connectivity index (χ1) is 8.74. The van der Waals surface area contributed by atoms with Gasteiger partial charge in [-0.2, -0.15) is 0 Å². The van der Waals surface area contributed by atoms with Crippen molar-refractivity contribution in [1.29, 1.82) is 0 Å². The maximum Gasteiger partial charge on any atom is 0.305 e. The topological polar surface area (TPSA) is 43.4 Å². The quantitative estimate of drug-likeness (QED) is 0.376. The summed E-state index contributed by atoms with van der Waals surface area (Å²) >= 11 is 0. The predicted molar refractivity (Wildman–Crippen MR) is 71.1 cm³/mol. The van der Waals surface area contributed by atoms with Crippen molar-refractivity contribution in [2.75, 3.05) is 6.61 Å². The summed E-state index contributed by atoms with van der Waals surface area (Å²) in [6.45, 7) is 2.27. The molecule has 3 nitrogen and oxygen atoms in total. The molecular formula is C15H20O3. The van der Waals surface area contributed by atoms with Gasteiger partial charge in [-0.05, 0) is 38.7 Å². The fourth-order valence-corrected chi connectivity index (χ4v) is 1.70. The first-order valence-electron chi connectivity index (χ1n) is 6.46. The van der Waals surface area contributed by atoms with Crippen LogP contribution in [0.15, 0.2) is 36.0 Å². The summed E-state index contributed by atoms with van der Waals surface area (Å²) in [7, 11) is 0. The van der Waals surface area contributed by atoms with E-state index in [2.05, 4.69) is 6.08 Å². The molecule has 0 amide bonds. The number of hydrogen-bond donors (Lipinski definition) is 0. The number of carbonyl (C=O) groups excluding carboxylic acids is 2. The molecule has 98 valence electrons.